The van der Waals surface area contributed by atoms with E-state index in [1.54, 1.807) is 0 Å². The molecule has 0 N–H and O–H groups in total. The number of hydrogen-bond donors (Lipinski definition) is 0. The molecule has 0 heterocycles. The minimum absolute atomic E-state index is 0.386. The van der Waals surface area contributed by atoms with E-state index in [4.69, 9.17) is 0 Å². The summed E-state index contributed by atoms with van der Waals surface area (Å²) < 4.78 is 24.1. The van der Waals surface area contributed by atoms with Gasteiger partial charge in [-0.1, -0.05) is 0 Å². The highest BCUT2D eigenvalue weighted by Crippen LogP contribution is 2.47. The number of carbonyl (C=O) groups excluding carboxylic acids is 1. The van der Waals surface area contributed by atoms with Crippen LogP contribution in [0.3, 0.4) is 0 Å². The van der Waals surface area contributed by atoms with Crippen LogP contribution in [0.5, 0.6) is 0 Å². The second kappa shape index (κ2) is 5.18. The van der Waals surface area contributed by atoms with E-state index in [9.17, 15) is 9.36 Å². The van der Waals surface area contributed by atoms with Crippen molar-refractivity contribution in [1.82, 2.24) is 0 Å². The van der Waals surface area contributed by atoms with Gasteiger partial charge < -0.3 is 0 Å². The third-order valence-corrected chi connectivity index (χ3v) is 2.12. The summed E-state index contributed by atoms with van der Waals surface area (Å²) in [6.45, 7) is -0.386. The second-order valence-electron chi connectivity index (χ2n) is 1.32. The van der Waals surface area contributed by atoms with E-state index in [-0.39, 0.29) is 6.73 Å². The average molecular weight is 181 g/mol. The number of nitrogens with zero attached hydrogens (tertiary/aromatic N) is 1. The Morgan fingerprint density at radius 1 is 1.45 bits per heavy atom. The molecule has 0 amide bonds. The van der Waals surface area contributed by atoms with Gasteiger partial charge >= 0.3 is 7.82 Å². The minimum Gasteiger partial charge on any atom is -0.290 e. The van der Waals surface area contributed by atoms with Gasteiger partial charge in [0.25, 0.3) is 0 Å². The van der Waals surface area contributed by atoms with Gasteiger partial charge in [-0.25, -0.2) is 9.36 Å². The van der Waals surface area contributed by atoms with E-state index in [1.165, 1.54) is 6.08 Å². The fraction of sp³-hybridized carbons (Fsp3) is 0.750. The van der Waals surface area contributed by atoms with E-state index in [2.05, 4.69) is 18.6 Å². The molecule has 0 saturated carbocycles. The van der Waals surface area contributed by atoms with Gasteiger partial charge in [-0.2, -0.15) is 4.99 Å². The maximum absolute atomic E-state index is 11.0. The number of phosphoric acid groups is 1. The van der Waals surface area contributed by atoms with Crippen LogP contribution in [0, 0.1) is 0 Å². The standard InChI is InChI=1S/C4H8NO5P/c1-8-11(7,9-2)10-4-5-3-6/h4H2,1-2H3. The summed E-state index contributed by atoms with van der Waals surface area (Å²) in [4.78, 5) is 12.5. The molecule has 7 heteroatoms. The lowest BCUT2D eigenvalue weighted by Crippen LogP contribution is -1.94. The topological polar surface area (TPSA) is 74.2 Å². The predicted octanol–water partition coefficient (Wildman–Crippen LogP) is 0.697. The van der Waals surface area contributed by atoms with Crippen LogP contribution in [0.4, 0.5) is 0 Å². The molecule has 0 aliphatic carbocycles. The molecule has 0 aliphatic rings. The Bertz CT molecular complexity index is 191. The van der Waals surface area contributed by atoms with Gasteiger partial charge in [0.2, 0.25) is 6.08 Å². The molecule has 11 heavy (non-hydrogen) atoms. The van der Waals surface area contributed by atoms with Crippen LogP contribution in [0.15, 0.2) is 4.99 Å². The Hall–Kier alpha value is -0.510. The molecule has 0 aliphatic heterocycles. The van der Waals surface area contributed by atoms with Crippen molar-refractivity contribution in [3.8, 4) is 0 Å². The summed E-state index contributed by atoms with van der Waals surface area (Å²) in [6.07, 6.45) is 1.21. The van der Waals surface area contributed by atoms with E-state index in [0.717, 1.165) is 14.2 Å². The Labute approximate surface area is 63.8 Å². The van der Waals surface area contributed by atoms with Crippen molar-refractivity contribution >= 4 is 13.9 Å². The van der Waals surface area contributed by atoms with Gasteiger partial charge in [0, 0.05) is 14.2 Å². The van der Waals surface area contributed by atoms with Gasteiger partial charge in [0.05, 0.1) is 0 Å². The van der Waals surface area contributed by atoms with E-state index >= 15 is 0 Å². The van der Waals surface area contributed by atoms with Crippen molar-refractivity contribution in [2.75, 3.05) is 21.0 Å². The summed E-state index contributed by atoms with van der Waals surface area (Å²) in [7, 11) is -1.16. The summed E-state index contributed by atoms with van der Waals surface area (Å²) in [5.74, 6) is 0. The lowest BCUT2D eigenvalue weighted by Gasteiger charge is -2.10. The number of rotatable bonds is 5. The maximum atomic E-state index is 11.0. The third kappa shape index (κ3) is 4.03. The lowest BCUT2D eigenvalue weighted by atomic mass is 11.3. The first-order valence-corrected chi connectivity index (χ1v) is 4.04. The first kappa shape index (κ1) is 10.5. The van der Waals surface area contributed by atoms with Crippen LogP contribution >= 0.6 is 7.82 Å². The van der Waals surface area contributed by atoms with E-state index in [1.807, 2.05) is 0 Å². The molecule has 0 atom stereocenters. The molecule has 0 radical (unpaired) electrons. The molecule has 0 saturated heterocycles. The van der Waals surface area contributed by atoms with Crippen molar-refractivity contribution in [3.63, 3.8) is 0 Å². The molecule has 0 spiro atoms. The average Bonchev–Trinajstić information content (AvgIpc) is 2.05. The van der Waals surface area contributed by atoms with Crippen molar-refractivity contribution < 1.29 is 22.9 Å². The fourth-order valence-corrected chi connectivity index (χ4v) is 0.865. The van der Waals surface area contributed by atoms with Gasteiger partial charge in [-0.05, 0) is 0 Å². The molecule has 0 rings (SSSR count). The fourth-order valence-electron chi connectivity index (χ4n) is 0.306. The van der Waals surface area contributed by atoms with Crippen LogP contribution in [-0.4, -0.2) is 27.0 Å². The highest BCUT2D eigenvalue weighted by atomic mass is 31.2. The Morgan fingerprint density at radius 3 is 2.36 bits per heavy atom. The number of isocyanates is 1. The van der Waals surface area contributed by atoms with Crippen molar-refractivity contribution in [2.24, 2.45) is 4.99 Å². The largest absolute Gasteiger partial charge is 0.476 e. The zero-order valence-electron chi connectivity index (χ0n) is 6.14. The van der Waals surface area contributed by atoms with Crippen molar-refractivity contribution in [2.45, 2.75) is 0 Å². The SMILES string of the molecule is COP(=O)(OC)OCN=C=O. The summed E-state index contributed by atoms with van der Waals surface area (Å²) in [5.41, 5.74) is 0. The maximum Gasteiger partial charge on any atom is 0.476 e. The molecular weight excluding hydrogens is 173 g/mol. The smallest absolute Gasteiger partial charge is 0.290 e. The molecule has 0 aromatic heterocycles. The van der Waals surface area contributed by atoms with Gasteiger partial charge in [-0.3, -0.25) is 13.6 Å². The van der Waals surface area contributed by atoms with Crippen LogP contribution < -0.4 is 0 Å². The monoisotopic (exact) mass is 181 g/mol. The summed E-state index contributed by atoms with van der Waals surface area (Å²) >= 11 is 0. The van der Waals surface area contributed by atoms with E-state index in [0.29, 0.717) is 0 Å². The van der Waals surface area contributed by atoms with E-state index < -0.39 is 7.82 Å². The zero-order chi connectivity index (χ0) is 8.74. The Kier molecular flexibility index (Phi) is 4.94. The summed E-state index contributed by atoms with van der Waals surface area (Å²) in [6, 6.07) is 0. The highest BCUT2D eigenvalue weighted by Gasteiger charge is 2.21. The lowest BCUT2D eigenvalue weighted by molar-refractivity contribution is 0.156. The predicted molar refractivity (Wildman–Crippen MR) is 35.7 cm³/mol. The molecule has 0 aromatic carbocycles. The number of hydrogen-bond acceptors (Lipinski definition) is 6. The second-order valence-corrected chi connectivity index (χ2v) is 3.20. The molecule has 6 nitrogen and oxygen atoms in total. The number of aliphatic imine (C=N–C) groups is 1. The molecular formula is C4H8NO5P. The van der Waals surface area contributed by atoms with Crippen LogP contribution in [-0.2, 0) is 22.9 Å². The third-order valence-electron chi connectivity index (χ3n) is 0.792. The van der Waals surface area contributed by atoms with Crippen LogP contribution in [0.25, 0.3) is 0 Å². The van der Waals surface area contributed by atoms with Gasteiger partial charge in [-0.15, -0.1) is 0 Å². The molecule has 0 bridgehead atoms. The molecule has 64 valence electrons. The number of phosphoric ester groups is 1. The van der Waals surface area contributed by atoms with Gasteiger partial charge in [0.1, 0.15) is 0 Å². The Morgan fingerprint density at radius 2 is 2.00 bits per heavy atom. The Balaban J connectivity index is 3.88. The van der Waals surface area contributed by atoms with Crippen molar-refractivity contribution in [3.05, 3.63) is 0 Å². The first-order valence-electron chi connectivity index (χ1n) is 2.58. The highest BCUT2D eigenvalue weighted by molar-refractivity contribution is 7.48. The first-order chi connectivity index (χ1) is 5.18. The van der Waals surface area contributed by atoms with Gasteiger partial charge in [0.15, 0.2) is 6.73 Å². The molecule has 0 fully saturated rings. The summed E-state index contributed by atoms with van der Waals surface area (Å²) in [5, 5.41) is 0. The zero-order valence-corrected chi connectivity index (χ0v) is 7.04. The van der Waals surface area contributed by atoms with Crippen molar-refractivity contribution in [1.29, 1.82) is 0 Å². The quantitative estimate of drug-likeness (QED) is 0.354. The van der Waals surface area contributed by atoms with Crippen LogP contribution in [0.2, 0.25) is 0 Å². The molecule has 0 unspecified atom stereocenters. The van der Waals surface area contributed by atoms with Crippen LogP contribution in [0.1, 0.15) is 0 Å². The normalized spacial score (nSPS) is 10.7. The molecule has 0 aromatic rings. The minimum atomic E-state index is -3.48.